The molecule has 0 aromatic heterocycles. The molecule has 0 saturated carbocycles. The summed E-state index contributed by atoms with van der Waals surface area (Å²) in [4.78, 5) is 25.0. The maximum Gasteiger partial charge on any atom is 0.305 e. The van der Waals surface area contributed by atoms with Gasteiger partial charge >= 0.3 is 5.97 Å². The van der Waals surface area contributed by atoms with Crippen LogP contribution < -0.4 is 5.32 Å². The summed E-state index contributed by atoms with van der Waals surface area (Å²) in [6.07, 6.45) is 55.9. The summed E-state index contributed by atoms with van der Waals surface area (Å²) in [6.45, 7) is 4.32. The Morgan fingerprint density at radius 3 is 1.29 bits per heavy atom. The Labute approximate surface area is 461 Å². The second-order valence-electron chi connectivity index (χ2n) is 22.5. The molecule has 0 aromatic carbocycles. The second-order valence-corrected chi connectivity index (χ2v) is 22.5. The molecule has 0 aromatic rings. The van der Waals surface area contributed by atoms with Crippen LogP contribution in [0.1, 0.15) is 309 Å². The zero-order chi connectivity index (χ0) is 54.5. The van der Waals surface area contributed by atoms with Crippen LogP contribution in [0.15, 0.2) is 24.3 Å². The van der Waals surface area contributed by atoms with Crippen molar-refractivity contribution in [3.8, 4) is 0 Å². The van der Waals surface area contributed by atoms with E-state index in [9.17, 15) is 35.1 Å². The zero-order valence-corrected chi connectivity index (χ0v) is 48.8. The molecule has 1 amide bonds. The lowest BCUT2D eigenvalue weighted by Gasteiger charge is -2.40. The normalized spacial score (nSPS) is 18.8. The second kappa shape index (κ2) is 54.1. The number of hydrogen-bond donors (Lipinski definition) is 6. The van der Waals surface area contributed by atoms with E-state index in [-0.39, 0.29) is 18.5 Å². The van der Waals surface area contributed by atoms with Gasteiger partial charge in [-0.05, 0) is 57.8 Å². The van der Waals surface area contributed by atoms with Crippen LogP contribution in [0.5, 0.6) is 0 Å². The minimum atomic E-state index is -1.57. The van der Waals surface area contributed by atoms with Gasteiger partial charge in [-0.1, -0.05) is 263 Å². The molecule has 11 heteroatoms. The lowest BCUT2D eigenvalue weighted by Crippen LogP contribution is -2.60. The predicted octanol–water partition coefficient (Wildman–Crippen LogP) is 15.3. The van der Waals surface area contributed by atoms with E-state index in [0.717, 1.165) is 57.8 Å². The van der Waals surface area contributed by atoms with Gasteiger partial charge in [-0.2, -0.15) is 0 Å². The summed E-state index contributed by atoms with van der Waals surface area (Å²) in [5, 5.41) is 54.2. The first-order valence-corrected chi connectivity index (χ1v) is 32.1. The molecule has 11 nitrogen and oxygen atoms in total. The van der Waals surface area contributed by atoms with Gasteiger partial charge in [0, 0.05) is 12.8 Å². The minimum Gasteiger partial charge on any atom is -0.466 e. The fraction of sp³-hybridized carbons (Fsp3) is 0.906. The Morgan fingerprint density at radius 1 is 0.480 bits per heavy atom. The first-order chi connectivity index (χ1) is 36.7. The van der Waals surface area contributed by atoms with Gasteiger partial charge in [-0.25, -0.2) is 0 Å². The van der Waals surface area contributed by atoms with E-state index >= 15 is 0 Å². The van der Waals surface area contributed by atoms with Crippen molar-refractivity contribution in [2.24, 2.45) is 0 Å². The molecule has 75 heavy (non-hydrogen) atoms. The number of rotatable bonds is 56. The largest absolute Gasteiger partial charge is 0.466 e. The van der Waals surface area contributed by atoms with E-state index in [4.69, 9.17) is 14.2 Å². The third-order valence-corrected chi connectivity index (χ3v) is 15.3. The Bertz CT molecular complexity index is 1300. The Hall–Kier alpha value is -1.86. The quantitative estimate of drug-likeness (QED) is 0.0195. The predicted molar refractivity (Wildman–Crippen MR) is 311 cm³/mol. The van der Waals surface area contributed by atoms with Crippen LogP contribution in [-0.2, 0) is 23.8 Å². The van der Waals surface area contributed by atoms with Crippen LogP contribution in [-0.4, -0.2) is 100 Å². The van der Waals surface area contributed by atoms with Gasteiger partial charge in [0.15, 0.2) is 6.29 Å². The molecule has 7 unspecified atom stereocenters. The third kappa shape index (κ3) is 43.7. The number of carbonyl (C=O) groups excluding carboxylic acids is 2. The topological polar surface area (TPSA) is 175 Å². The van der Waals surface area contributed by atoms with Crippen molar-refractivity contribution in [1.29, 1.82) is 0 Å². The van der Waals surface area contributed by atoms with Crippen molar-refractivity contribution in [3.05, 3.63) is 24.3 Å². The van der Waals surface area contributed by atoms with Crippen molar-refractivity contribution < 1.29 is 49.3 Å². The molecule has 0 radical (unpaired) electrons. The number of amides is 1. The minimum absolute atomic E-state index is 0.00331. The molecule has 1 fully saturated rings. The van der Waals surface area contributed by atoms with Crippen molar-refractivity contribution in [2.75, 3.05) is 19.8 Å². The number of ether oxygens (including phenoxy) is 3. The fourth-order valence-corrected chi connectivity index (χ4v) is 10.2. The van der Waals surface area contributed by atoms with Crippen LogP contribution in [0, 0.1) is 0 Å². The standard InChI is InChI=1S/C64H121NO10/c1-3-5-7-9-11-13-14-28-32-36-40-44-48-52-60(69)73-53-49-45-41-37-33-30-27-25-23-21-19-17-15-16-18-20-22-24-26-29-31-35-39-43-47-51-59(68)65-56(57(67)50-46-42-38-34-12-10-8-6-4-2)55-74-64-63(72)62(71)61(70)58(54-66)75-64/h13-14,46,50,56-58,61-64,66-67,70-72H,3-12,15-45,47-49,51-55H2,1-2H3,(H,65,68)/b14-13-,50-46+. The molecule has 1 aliphatic heterocycles. The number of carbonyl (C=O) groups is 2. The Morgan fingerprint density at radius 2 is 0.853 bits per heavy atom. The SMILES string of the molecule is CCCCCC/C=C\CCCCCCCC(=O)OCCCCCCCCCCCCCCCCCCCCCCCCCCCC(=O)NC(COC1OC(CO)C(O)C(O)C1O)C(O)/C=C/CCCCCCCCC. The summed E-state index contributed by atoms with van der Waals surface area (Å²) < 4.78 is 16.7. The number of hydrogen-bond acceptors (Lipinski definition) is 10. The monoisotopic (exact) mass is 1060 g/mol. The van der Waals surface area contributed by atoms with Crippen LogP contribution in [0.2, 0.25) is 0 Å². The first kappa shape index (κ1) is 71.2. The molecular weight excluding hydrogens is 943 g/mol. The highest BCUT2D eigenvalue weighted by atomic mass is 16.7. The molecule has 1 rings (SSSR count). The number of allylic oxidation sites excluding steroid dienone is 3. The van der Waals surface area contributed by atoms with E-state index in [1.807, 2.05) is 6.08 Å². The lowest BCUT2D eigenvalue weighted by atomic mass is 9.99. The third-order valence-electron chi connectivity index (χ3n) is 15.3. The highest BCUT2D eigenvalue weighted by molar-refractivity contribution is 5.76. The maximum atomic E-state index is 13.0. The molecule has 1 aliphatic rings. The average Bonchev–Trinajstić information content (AvgIpc) is 3.41. The molecule has 1 heterocycles. The van der Waals surface area contributed by atoms with Crippen LogP contribution in [0.3, 0.4) is 0 Å². The van der Waals surface area contributed by atoms with Gasteiger partial charge in [0.05, 0.1) is 32.0 Å². The number of aliphatic hydroxyl groups excluding tert-OH is 5. The van der Waals surface area contributed by atoms with Gasteiger partial charge in [-0.3, -0.25) is 9.59 Å². The van der Waals surface area contributed by atoms with E-state index in [1.165, 1.54) is 225 Å². The van der Waals surface area contributed by atoms with E-state index in [2.05, 4.69) is 31.3 Å². The lowest BCUT2D eigenvalue weighted by molar-refractivity contribution is -0.302. The summed E-state index contributed by atoms with van der Waals surface area (Å²) in [5.41, 5.74) is 0. The van der Waals surface area contributed by atoms with E-state index < -0.39 is 49.5 Å². The molecule has 7 atom stereocenters. The molecule has 1 saturated heterocycles. The molecule has 442 valence electrons. The van der Waals surface area contributed by atoms with Gasteiger partial charge < -0.3 is 45.1 Å². The van der Waals surface area contributed by atoms with Crippen molar-refractivity contribution in [2.45, 2.75) is 352 Å². The number of nitrogens with one attached hydrogen (secondary N) is 1. The van der Waals surface area contributed by atoms with Crippen molar-refractivity contribution in [1.82, 2.24) is 5.32 Å². The van der Waals surface area contributed by atoms with Crippen molar-refractivity contribution >= 4 is 11.9 Å². The highest BCUT2D eigenvalue weighted by Gasteiger charge is 2.44. The molecule has 6 N–H and O–H groups in total. The Kier molecular flexibility index (Phi) is 51.3. The molecule has 0 aliphatic carbocycles. The average molecular weight is 1060 g/mol. The number of esters is 1. The smallest absolute Gasteiger partial charge is 0.305 e. The number of unbranched alkanes of at least 4 members (excludes halogenated alkanes) is 40. The summed E-state index contributed by atoms with van der Waals surface area (Å²) in [7, 11) is 0. The highest BCUT2D eigenvalue weighted by Crippen LogP contribution is 2.23. The van der Waals surface area contributed by atoms with Gasteiger partial charge in [-0.15, -0.1) is 0 Å². The van der Waals surface area contributed by atoms with Crippen LogP contribution in [0.25, 0.3) is 0 Å². The summed E-state index contributed by atoms with van der Waals surface area (Å²) >= 11 is 0. The maximum absolute atomic E-state index is 13.0. The van der Waals surface area contributed by atoms with Gasteiger partial charge in [0.2, 0.25) is 5.91 Å². The van der Waals surface area contributed by atoms with Gasteiger partial charge in [0.1, 0.15) is 24.4 Å². The van der Waals surface area contributed by atoms with E-state index in [0.29, 0.717) is 19.4 Å². The zero-order valence-electron chi connectivity index (χ0n) is 48.8. The van der Waals surface area contributed by atoms with E-state index in [1.54, 1.807) is 6.08 Å². The van der Waals surface area contributed by atoms with Crippen LogP contribution >= 0.6 is 0 Å². The van der Waals surface area contributed by atoms with Gasteiger partial charge in [0.25, 0.3) is 0 Å². The first-order valence-electron chi connectivity index (χ1n) is 32.1. The van der Waals surface area contributed by atoms with Crippen molar-refractivity contribution in [3.63, 3.8) is 0 Å². The summed E-state index contributed by atoms with van der Waals surface area (Å²) in [5.74, 6) is -0.185. The number of aliphatic hydroxyl groups is 5. The molecule has 0 spiro atoms. The molecular formula is C64H121NO10. The van der Waals surface area contributed by atoms with Crippen LogP contribution in [0.4, 0.5) is 0 Å². The fourth-order valence-electron chi connectivity index (χ4n) is 10.2. The summed E-state index contributed by atoms with van der Waals surface area (Å²) in [6, 6.07) is -0.807. The molecule has 0 bridgehead atoms. The Balaban J connectivity index is 1.95.